The Kier molecular flexibility index (Phi) is 4.61. The van der Waals surface area contributed by atoms with Crippen molar-refractivity contribution in [2.75, 3.05) is 18.6 Å². The van der Waals surface area contributed by atoms with Crippen molar-refractivity contribution < 1.29 is 23.9 Å². The Morgan fingerprint density at radius 2 is 2.00 bits per heavy atom. The first kappa shape index (κ1) is 20.7. The van der Waals surface area contributed by atoms with Crippen LogP contribution in [0, 0.1) is 5.41 Å². The van der Waals surface area contributed by atoms with Crippen LogP contribution < -0.4 is 10.6 Å². The second-order valence-electron chi connectivity index (χ2n) is 8.58. The van der Waals surface area contributed by atoms with Gasteiger partial charge in [-0.05, 0) is 30.5 Å². The average molecular weight is 475 g/mol. The van der Waals surface area contributed by atoms with E-state index < -0.39 is 17.3 Å². The number of nitrogens with zero attached hydrogens (tertiary/aromatic N) is 1. The van der Waals surface area contributed by atoms with Gasteiger partial charge in [-0.3, -0.25) is 9.59 Å². The molecule has 2 heterocycles. The van der Waals surface area contributed by atoms with Gasteiger partial charge in [-0.1, -0.05) is 29.8 Å². The van der Waals surface area contributed by atoms with Gasteiger partial charge in [0.1, 0.15) is 16.7 Å². The van der Waals surface area contributed by atoms with E-state index in [9.17, 15) is 14.4 Å². The number of Topliss-reactive ketones (excluding diaryl/α,β-unsaturated/α-hetero) is 1. The maximum absolute atomic E-state index is 13.8. The van der Waals surface area contributed by atoms with Crippen molar-refractivity contribution in [2.45, 2.75) is 39.0 Å². The summed E-state index contributed by atoms with van der Waals surface area (Å²) in [6.45, 7) is 5.67. The molecule has 1 amide bonds. The SMILES string of the molecule is CCOC(=O)C1=C(N)OC2=C(C(=O)CC(C)(C)C2)C12C(=O)N(C)c1ccc(Br)cc12. The van der Waals surface area contributed by atoms with Gasteiger partial charge in [0.25, 0.3) is 0 Å². The van der Waals surface area contributed by atoms with E-state index in [2.05, 4.69) is 15.9 Å². The van der Waals surface area contributed by atoms with Gasteiger partial charge in [-0.15, -0.1) is 0 Å². The Morgan fingerprint density at radius 3 is 2.67 bits per heavy atom. The predicted octanol–water partition coefficient (Wildman–Crippen LogP) is 3.07. The summed E-state index contributed by atoms with van der Waals surface area (Å²) in [5, 5.41) is 0. The van der Waals surface area contributed by atoms with Gasteiger partial charge in [-0.2, -0.15) is 0 Å². The lowest BCUT2D eigenvalue weighted by atomic mass is 9.62. The molecule has 1 aliphatic carbocycles. The molecule has 1 atom stereocenters. The quantitative estimate of drug-likeness (QED) is 0.661. The summed E-state index contributed by atoms with van der Waals surface area (Å²) in [4.78, 5) is 41.8. The number of rotatable bonds is 2. The largest absolute Gasteiger partial charge is 0.462 e. The van der Waals surface area contributed by atoms with Crippen molar-refractivity contribution in [1.82, 2.24) is 0 Å². The number of anilines is 1. The van der Waals surface area contributed by atoms with Gasteiger partial charge in [0.05, 0.1) is 12.2 Å². The van der Waals surface area contributed by atoms with Crippen molar-refractivity contribution in [2.24, 2.45) is 11.1 Å². The number of nitrogens with two attached hydrogens (primary N) is 1. The number of carbonyl (C=O) groups excluding carboxylic acids is 3. The van der Waals surface area contributed by atoms with Crippen LogP contribution in [0.5, 0.6) is 0 Å². The summed E-state index contributed by atoms with van der Waals surface area (Å²) in [5.41, 5.74) is 5.36. The van der Waals surface area contributed by atoms with Crippen molar-refractivity contribution in [3.05, 3.63) is 51.0 Å². The van der Waals surface area contributed by atoms with E-state index in [1.807, 2.05) is 13.8 Å². The molecule has 7 nitrogen and oxygen atoms in total. The van der Waals surface area contributed by atoms with Gasteiger partial charge >= 0.3 is 5.97 Å². The van der Waals surface area contributed by atoms with Gasteiger partial charge in [0.15, 0.2) is 5.78 Å². The van der Waals surface area contributed by atoms with Crippen LogP contribution >= 0.6 is 15.9 Å². The molecule has 158 valence electrons. The maximum Gasteiger partial charge on any atom is 0.341 e. The Labute approximate surface area is 183 Å². The highest BCUT2D eigenvalue weighted by molar-refractivity contribution is 9.10. The Morgan fingerprint density at radius 1 is 1.30 bits per heavy atom. The van der Waals surface area contributed by atoms with Gasteiger partial charge < -0.3 is 20.1 Å². The third-order valence-electron chi connectivity index (χ3n) is 5.89. The molecule has 0 saturated heterocycles. The zero-order valence-corrected chi connectivity index (χ0v) is 18.9. The number of hydrogen-bond acceptors (Lipinski definition) is 6. The Balaban J connectivity index is 2.11. The zero-order chi connectivity index (χ0) is 22.0. The fourth-order valence-electron chi connectivity index (χ4n) is 4.78. The monoisotopic (exact) mass is 474 g/mol. The molecule has 4 rings (SSSR count). The van der Waals surface area contributed by atoms with E-state index in [0.717, 1.165) is 0 Å². The molecule has 2 aliphatic heterocycles. The number of halogens is 1. The first-order chi connectivity index (χ1) is 14.0. The summed E-state index contributed by atoms with van der Waals surface area (Å²) in [7, 11) is 1.62. The maximum atomic E-state index is 13.8. The molecule has 30 heavy (non-hydrogen) atoms. The summed E-state index contributed by atoms with van der Waals surface area (Å²) >= 11 is 3.45. The van der Waals surface area contributed by atoms with E-state index in [-0.39, 0.29) is 41.3 Å². The van der Waals surface area contributed by atoms with Crippen LogP contribution in [-0.2, 0) is 29.3 Å². The average Bonchev–Trinajstić information content (AvgIpc) is 2.83. The molecule has 1 unspecified atom stereocenters. The summed E-state index contributed by atoms with van der Waals surface area (Å²) in [6.07, 6.45) is 0.653. The minimum atomic E-state index is -1.69. The lowest BCUT2D eigenvalue weighted by molar-refractivity contribution is -0.141. The molecule has 1 aromatic carbocycles. The van der Waals surface area contributed by atoms with Crippen LogP contribution in [0.15, 0.2) is 45.5 Å². The minimum absolute atomic E-state index is 0.0912. The topological polar surface area (TPSA) is 98.9 Å². The highest BCUT2D eigenvalue weighted by atomic mass is 79.9. The van der Waals surface area contributed by atoms with Crippen molar-refractivity contribution in [3.8, 4) is 0 Å². The number of allylic oxidation sites excluding steroid dienone is 1. The van der Waals surface area contributed by atoms with E-state index in [0.29, 0.717) is 27.9 Å². The van der Waals surface area contributed by atoms with E-state index in [4.69, 9.17) is 15.2 Å². The number of carbonyl (C=O) groups is 3. The Hall–Kier alpha value is -2.61. The molecule has 1 spiro atoms. The molecule has 0 fully saturated rings. The number of benzene rings is 1. The highest BCUT2D eigenvalue weighted by Gasteiger charge is 2.64. The number of amides is 1. The fourth-order valence-corrected chi connectivity index (χ4v) is 5.14. The molecular weight excluding hydrogens is 452 g/mol. The molecule has 0 bridgehead atoms. The van der Waals surface area contributed by atoms with Crippen molar-refractivity contribution >= 4 is 39.3 Å². The lowest BCUT2D eigenvalue weighted by Gasteiger charge is -2.42. The fraction of sp³-hybridized carbons (Fsp3) is 0.409. The third kappa shape index (κ3) is 2.66. The minimum Gasteiger partial charge on any atom is -0.462 e. The second kappa shape index (κ2) is 6.70. The van der Waals surface area contributed by atoms with Crippen LogP contribution in [-0.4, -0.2) is 31.3 Å². The number of esters is 1. The standard InChI is InChI=1S/C22H23BrN2O5/c1-5-29-19(27)17-18(24)30-15-10-21(2,3)9-14(26)16(15)22(17)12-8-11(23)6-7-13(12)25(4)20(22)28/h6-8H,5,9-10,24H2,1-4H3. The van der Waals surface area contributed by atoms with E-state index in [1.54, 1.807) is 32.2 Å². The van der Waals surface area contributed by atoms with E-state index >= 15 is 0 Å². The lowest BCUT2D eigenvalue weighted by Crippen LogP contribution is -2.51. The number of hydrogen-bond donors (Lipinski definition) is 1. The number of ketones is 1. The van der Waals surface area contributed by atoms with E-state index in [1.165, 1.54) is 4.90 Å². The molecule has 0 aromatic heterocycles. The summed E-state index contributed by atoms with van der Waals surface area (Å²) < 4.78 is 11.8. The first-order valence-electron chi connectivity index (χ1n) is 9.74. The Bertz CT molecular complexity index is 1070. The molecular formula is C22H23BrN2O5. The smallest absolute Gasteiger partial charge is 0.341 e. The normalized spacial score (nSPS) is 24.8. The molecule has 3 aliphatic rings. The number of fused-ring (bicyclic) bond motifs is 3. The van der Waals surface area contributed by atoms with Crippen LogP contribution in [0.4, 0.5) is 5.69 Å². The van der Waals surface area contributed by atoms with Crippen molar-refractivity contribution in [3.63, 3.8) is 0 Å². The highest BCUT2D eigenvalue weighted by Crippen LogP contribution is 2.57. The van der Waals surface area contributed by atoms with Crippen LogP contribution in [0.3, 0.4) is 0 Å². The molecule has 8 heteroatoms. The summed E-state index contributed by atoms with van der Waals surface area (Å²) in [6, 6.07) is 5.34. The van der Waals surface area contributed by atoms with Gasteiger partial charge in [-0.25, -0.2) is 4.79 Å². The van der Waals surface area contributed by atoms with Crippen LogP contribution in [0.2, 0.25) is 0 Å². The zero-order valence-electron chi connectivity index (χ0n) is 17.3. The predicted molar refractivity (Wildman–Crippen MR) is 113 cm³/mol. The number of likely N-dealkylation sites (N-methyl/N-ethyl adjacent to an activating group) is 1. The van der Waals surface area contributed by atoms with Crippen molar-refractivity contribution in [1.29, 1.82) is 0 Å². The third-order valence-corrected chi connectivity index (χ3v) is 6.39. The van der Waals surface area contributed by atoms with Crippen LogP contribution in [0.1, 0.15) is 39.2 Å². The molecule has 2 N–H and O–H groups in total. The van der Waals surface area contributed by atoms with Crippen LogP contribution in [0.25, 0.3) is 0 Å². The van der Waals surface area contributed by atoms with Gasteiger partial charge in [0.2, 0.25) is 11.8 Å². The summed E-state index contributed by atoms with van der Waals surface area (Å²) in [5.74, 6) is -1.28. The number of ether oxygens (including phenoxy) is 2. The first-order valence-corrected chi connectivity index (χ1v) is 10.5. The van der Waals surface area contributed by atoms with Gasteiger partial charge in [0, 0.05) is 35.6 Å². The molecule has 0 radical (unpaired) electrons. The molecule has 1 aromatic rings. The molecule has 0 saturated carbocycles. The second-order valence-corrected chi connectivity index (χ2v) is 9.49.